The number of halogens is 3. The van der Waals surface area contributed by atoms with Crippen LogP contribution in [0.1, 0.15) is 0 Å². The molecule has 3 rings (SSSR count). The van der Waals surface area contributed by atoms with Gasteiger partial charge in [-0.05, 0) is 40.2 Å². The molecule has 0 saturated heterocycles. The van der Waals surface area contributed by atoms with Crippen LogP contribution < -0.4 is 5.73 Å². The molecule has 0 unspecified atom stereocenters. The fourth-order valence-corrected chi connectivity index (χ4v) is 2.54. The number of benzene rings is 1. The van der Waals surface area contributed by atoms with Crippen molar-refractivity contribution in [3.63, 3.8) is 0 Å². The number of fused-ring (bicyclic) bond motifs is 1. The second-order valence-electron chi connectivity index (χ2n) is 4.02. The van der Waals surface area contributed by atoms with E-state index in [2.05, 4.69) is 20.9 Å². The molecule has 0 atom stereocenters. The number of hydrogen-bond donors (Lipinski definition) is 1. The molecule has 96 valence electrons. The molecular weight excluding hydrogens is 349 g/mol. The van der Waals surface area contributed by atoms with E-state index in [0.717, 1.165) is 10.0 Å². The van der Waals surface area contributed by atoms with E-state index in [1.807, 2.05) is 30.5 Å². The van der Waals surface area contributed by atoms with Crippen molar-refractivity contribution in [3.8, 4) is 11.3 Å². The summed E-state index contributed by atoms with van der Waals surface area (Å²) >= 11 is 15.6. The third-order valence-corrected chi connectivity index (χ3v) is 4.36. The lowest BCUT2D eigenvalue weighted by Gasteiger charge is -2.01. The first-order chi connectivity index (χ1) is 9.08. The summed E-state index contributed by atoms with van der Waals surface area (Å²) in [6.07, 6.45) is 1.83. The van der Waals surface area contributed by atoms with E-state index in [0.29, 0.717) is 27.2 Å². The van der Waals surface area contributed by atoms with Gasteiger partial charge < -0.3 is 5.73 Å². The van der Waals surface area contributed by atoms with Gasteiger partial charge in [-0.15, -0.1) is 0 Å². The van der Waals surface area contributed by atoms with Gasteiger partial charge in [-0.25, -0.2) is 4.98 Å². The number of nitrogens with zero attached hydrogens (tertiary/aromatic N) is 2. The molecule has 0 fully saturated rings. The third kappa shape index (κ3) is 2.10. The maximum Gasteiger partial charge on any atom is 0.157 e. The van der Waals surface area contributed by atoms with E-state index in [4.69, 9.17) is 28.9 Å². The van der Waals surface area contributed by atoms with E-state index < -0.39 is 0 Å². The Kier molecular flexibility index (Phi) is 3.17. The predicted molar refractivity (Wildman–Crippen MR) is 82.8 cm³/mol. The largest absolute Gasteiger partial charge is 0.383 e. The van der Waals surface area contributed by atoms with Gasteiger partial charge in [-0.3, -0.25) is 4.40 Å². The van der Waals surface area contributed by atoms with Crippen LogP contribution in [0, 0.1) is 0 Å². The quantitative estimate of drug-likeness (QED) is 0.689. The summed E-state index contributed by atoms with van der Waals surface area (Å²) in [7, 11) is 0. The third-order valence-electron chi connectivity index (χ3n) is 2.83. The Labute approximate surface area is 128 Å². The number of hydrogen-bond acceptors (Lipinski definition) is 2. The van der Waals surface area contributed by atoms with Crippen molar-refractivity contribution in [2.24, 2.45) is 0 Å². The molecule has 0 radical (unpaired) electrons. The molecule has 3 nitrogen and oxygen atoms in total. The summed E-state index contributed by atoms with van der Waals surface area (Å²) in [5, 5.41) is 1.17. The fraction of sp³-hybridized carbons (Fsp3) is 0. The summed E-state index contributed by atoms with van der Waals surface area (Å²) in [6.45, 7) is 0. The lowest BCUT2D eigenvalue weighted by molar-refractivity contribution is 1.20. The molecule has 0 spiro atoms. The number of pyridine rings is 1. The maximum atomic E-state index is 6.12. The first kappa shape index (κ1) is 12.8. The van der Waals surface area contributed by atoms with E-state index in [1.165, 1.54) is 0 Å². The number of nitrogens with two attached hydrogens (primary N) is 1. The average molecular weight is 357 g/mol. The zero-order chi connectivity index (χ0) is 13.6. The molecule has 19 heavy (non-hydrogen) atoms. The topological polar surface area (TPSA) is 43.3 Å². The highest BCUT2D eigenvalue weighted by Crippen LogP contribution is 2.33. The average Bonchev–Trinajstić information content (AvgIpc) is 2.72. The SMILES string of the molecule is Nc1c(-c2ccc(Br)c(Cl)c2)nc2c(Cl)cccn12. The van der Waals surface area contributed by atoms with Crippen LogP contribution >= 0.6 is 39.1 Å². The summed E-state index contributed by atoms with van der Waals surface area (Å²) in [4.78, 5) is 4.48. The number of aromatic nitrogens is 2. The second-order valence-corrected chi connectivity index (χ2v) is 5.69. The first-order valence-corrected chi connectivity index (χ1v) is 7.00. The summed E-state index contributed by atoms with van der Waals surface area (Å²) < 4.78 is 2.59. The standard InChI is InChI=1S/C13H8BrCl2N3/c14-8-4-3-7(6-10(8)16)11-12(17)19-5-1-2-9(15)13(19)18-11/h1-6H,17H2. The highest BCUT2D eigenvalue weighted by molar-refractivity contribution is 9.10. The molecule has 1 aromatic carbocycles. The smallest absolute Gasteiger partial charge is 0.157 e. The zero-order valence-corrected chi connectivity index (χ0v) is 12.7. The Morgan fingerprint density at radius 3 is 2.63 bits per heavy atom. The van der Waals surface area contributed by atoms with Crippen LogP contribution in [-0.2, 0) is 0 Å². The van der Waals surface area contributed by atoms with Crippen molar-refractivity contribution in [1.29, 1.82) is 0 Å². The second kappa shape index (κ2) is 4.71. The Balaban J connectivity index is 2.28. The van der Waals surface area contributed by atoms with Crippen LogP contribution in [0.4, 0.5) is 5.82 Å². The maximum absolute atomic E-state index is 6.12. The number of rotatable bonds is 1. The van der Waals surface area contributed by atoms with Crippen LogP contribution in [0.2, 0.25) is 10.0 Å². The Morgan fingerprint density at radius 1 is 1.16 bits per heavy atom. The summed E-state index contributed by atoms with van der Waals surface area (Å²) in [5.41, 5.74) is 8.27. The van der Waals surface area contributed by atoms with Crippen LogP contribution in [0.5, 0.6) is 0 Å². The minimum atomic E-state index is 0.538. The zero-order valence-electron chi connectivity index (χ0n) is 9.57. The van der Waals surface area contributed by atoms with Crippen LogP contribution in [0.15, 0.2) is 41.0 Å². The van der Waals surface area contributed by atoms with Crippen molar-refractivity contribution in [2.75, 3.05) is 5.73 Å². The molecule has 2 heterocycles. The van der Waals surface area contributed by atoms with E-state index in [-0.39, 0.29) is 0 Å². The number of imidazole rings is 1. The highest BCUT2D eigenvalue weighted by atomic mass is 79.9. The molecule has 6 heteroatoms. The van der Waals surface area contributed by atoms with E-state index in [1.54, 1.807) is 10.5 Å². The molecule has 0 aliphatic carbocycles. The van der Waals surface area contributed by atoms with Gasteiger partial charge in [0.2, 0.25) is 0 Å². The molecule has 3 aromatic rings. The number of anilines is 1. The van der Waals surface area contributed by atoms with Crippen molar-refractivity contribution < 1.29 is 0 Å². The molecule has 0 aliphatic heterocycles. The Hall–Kier alpha value is -1.23. The lowest BCUT2D eigenvalue weighted by Crippen LogP contribution is -1.93. The summed E-state index contributed by atoms with van der Waals surface area (Å²) in [6, 6.07) is 9.19. The number of nitrogen functional groups attached to an aromatic ring is 1. The molecule has 0 saturated carbocycles. The minimum absolute atomic E-state index is 0.538. The molecular formula is C13H8BrCl2N3. The molecule has 2 N–H and O–H groups in total. The van der Waals surface area contributed by atoms with Crippen molar-refractivity contribution in [2.45, 2.75) is 0 Å². The van der Waals surface area contributed by atoms with Crippen LogP contribution in [0.25, 0.3) is 16.9 Å². The monoisotopic (exact) mass is 355 g/mol. The fourth-order valence-electron chi connectivity index (χ4n) is 1.91. The van der Waals surface area contributed by atoms with Crippen molar-refractivity contribution >= 4 is 50.6 Å². The predicted octanol–water partition coefficient (Wildman–Crippen LogP) is 4.65. The van der Waals surface area contributed by atoms with Gasteiger partial charge in [-0.2, -0.15) is 0 Å². The minimum Gasteiger partial charge on any atom is -0.383 e. The van der Waals surface area contributed by atoms with Gasteiger partial charge in [0, 0.05) is 16.2 Å². The van der Waals surface area contributed by atoms with Gasteiger partial charge in [0.15, 0.2) is 5.65 Å². The van der Waals surface area contributed by atoms with Crippen molar-refractivity contribution in [3.05, 3.63) is 51.0 Å². The first-order valence-electron chi connectivity index (χ1n) is 5.45. The van der Waals surface area contributed by atoms with Crippen molar-refractivity contribution in [1.82, 2.24) is 9.38 Å². The van der Waals surface area contributed by atoms with Gasteiger partial charge in [-0.1, -0.05) is 29.3 Å². The van der Waals surface area contributed by atoms with Gasteiger partial charge in [0.1, 0.15) is 11.5 Å². The lowest BCUT2D eigenvalue weighted by atomic mass is 10.1. The van der Waals surface area contributed by atoms with E-state index >= 15 is 0 Å². The molecule has 2 aromatic heterocycles. The van der Waals surface area contributed by atoms with Gasteiger partial charge >= 0.3 is 0 Å². The Bertz CT molecular complexity index is 783. The van der Waals surface area contributed by atoms with E-state index in [9.17, 15) is 0 Å². The van der Waals surface area contributed by atoms with Crippen LogP contribution in [0.3, 0.4) is 0 Å². The summed E-state index contributed by atoms with van der Waals surface area (Å²) in [5.74, 6) is 0.538. The van der Waals surface area contributed by atoms with Gasteiger partial charge in [0.05, 0.1) is 10.0 Å². The molecule has 0 aliphatic rings. The molecule has 0 amide bonds. The van der Waals surface area contributed by atoms with Gasteiger partial charge in [0.25, 0.3) is 0 Å². The Morgan fingerprint density at radius 2 is 1.95 bits per heavy atom. The normalized spacial score (nSPS) is 11.1. The highest BCUT2D eigenvalue weighted by Gasteiger charge is 2.13. The molecule has 0 bridgehead atoms. The van der Waals surface area contributed by atoms with Crippen LogP contribution in [-0.4, -0.2) is 9.38 Å².